The molecule has 0 atom stereocenters. The van der Waals surface area contributed by atoms with E-state index in [4.69, 9.17) is 0 Å². The second-order valence-corrected chi connectivity index (χ2v) is 11.6. The molecule has 0 spiro atoms. The highest BCUT2D eigenvalue weighted by molar-refractivity contribution is 5.79. The lowest BCUT2D eigenvalue weighted by Gasteiger charge is -2.30. The van der Waals surface area contributed by atoms with Crippen LogP contribution in [0.2, 0.25) is 0 Å². The van der Waals surface area contributed by atoms with Crippen molar-refractivity contribution in [3.63, 3.8) is 0 Å². The van der Waals surface area contributed by atoms with Crippen molar-refractivity contribution in [2.24, 2.45) is 0 Å². The van der Waals surface area contributed by atoms with E-state index in [1.165, 1.54) is 0 Å². The van der Waals surface area contributed by atoms with Gasteiger partial charge in [0, 0.05) is 37.3 Å². The molecule has 0 aliphatic heterocycles. The van der Waals surface area contributed by atoms with Crippen LogP contribution in [0.3, 0.4) is 0 Å². The minimum absolute atomic E-state index is 0.0867. The Balaban J connectivity index is 2.11. The zero-order valence-corrected chi connectivity index (χ0v) is 22.8. The van der Waals surface area contributed by atoms with Gasteiger partial charge in [-0.15, -0.1) is 0 Å². The fraction of sp³-hybridized carbons (Fsp3) is 0.517. The van der Waals surface area contributed by atoms with Gasteiger partial charge in [-0.05, 0) is 52.7 Å². The van der Waals surface area contributed by atoms with Crippen molar-refractivity contribution in [2.75, 3.05) is 26.2 Å². The summed E-state index contributed by atoms with van der Waals surface area (Å²) in [6, 6.07) is 19.8. The van der Waals surface area contributed by atoms with E-state index in [1.807, 2.05) is 112 Å². The Labute approximate surface area is 216 Å². The van der Waals surface area contributed by atoms with Crippen LogP contribution in [0.1, 0.15) is 52.7 Å². The fourth-order valence-electron chi connectivity index (χ4n) is 4.03. The molecule has 0 radical (unpaired) electrons. The van der Waals surface area contributed by atoms with E-state index in [2.05, 4.69) is 10.6 Å². The summed E-state index contributed by atoms with van der Waals surface area (Å²) in [6.07, 6.45) is -0.748. The summed E-state index contributed by atoms with van der Waals surface area (Å²) in [7, 11) is 0. The Morgan fingerprint density at radius 3 is 1.33 bits per heavy atom. The van der Waals surface area contributed by atoms with Crippen LogP contribution in [0.5, 0.6) is 0 Å². The van der Waals surface area contributed by atoms with Gasteiger partial charge in [-0.2, -0.15) is 0 Å². The minimum atomic E-state index is -0.748. The first-order valence-corrected chi connectivity index (χ1v) is 12.6. The number of nitrogens with one attached hydrogen (secondary N) is 2. The lowest BCUT2D eigenvalue weighted by Crippen LogP contribution is -2.49. The molecule has 0 bridgehead atoms. The Morgan fingerprint density at radius 2 is 1.03 bits per heavy atom. The summed E-state index contributed by atoms with van der Waals surface area (Å²) in [5, 5.41) is 17.1. The summed E-state index contributed by atoms with van der Waals surface area (Å²) in [5.41, 5.74) is 1.47. The Hall–Kier alpha value is -2.74. The maximum Gasteiger partial charge on any atom is 0.234 e. The van der Waals surface area contributed by atoms with Crippen LogP contribution in [0.15, 0.2) is 60.7 Å². The second kappa shape index (κ2) is 13.5. The van der Waals surface area contributed by atoms with Crippen molar-refractivity contribution in [1.29, 1.82) is 0 Å². The van der Waals surface area contributed by atoms with Crippen LogP contribution in [0.4, 0.5) is 0 Å². The topological polar surface area (TPSA) is 84.9 Å². The molecule has 0 heterocycles. The van der Waals surface area contributed by atoms with Crippen LogP contribution >= 0.6 is 0 Å². The molecule has 2 aromatic carbocycles. The lowest BCUT2D eigenvalue weighted by atomic mass is 10.1. The summed E-state index contributed by atoms with van der Waals surface area (Å²) in [5.74, 6) is -0.173. The molecule has 0 unspecified atom stereocenters. The first-order chi connectivity index (χ1) is 16.8. The molecule has 2 amide bonds. The van der Waals surface area contributed by atoms with E-state index in [0.717, 1.165) is 11.1 Å². The predicted molar refractivity (Wildman–Crippen MR) is 145 cm³/mol. The standard InChI is InChI=1S/C29H44N4O3/c1-28(2,3)30-26(35)21-32(17-23-13-9-7-10-14-23)19-25(34)20-33(18-24-15-11-8-12-16-24)22-27(36)31-29(4,5)6/h7-16,25,34H,17-22H2,1-6H3,(H,30,35)(H,31,36). The minimum Gasteiger partial charge on any atom is -0.390 e. The van der Waals surface area contributed by atoms with E-state index in [9.17, 15) is 14.7 Å². The van der Waals surface area contributed by atoms with Crippen LogP contribution in [-0.2, 0) is 22.7 Å². The normalized spacial score (nSPS) is 12.3. The van der Waals surface area contributed by atoms with E-state index >= 15 is 0 Å². The third kappa shape index (κ3) is 12.8. The highest BCUT2D eigenvalue weighted by Crippen LogP contribution is 2.10. The highest BCUT2D eigenvalue weighted by atomic mass is 16.3. The van der Waals surface area contributed by atoms with Crippen molar-refractivity contribution in [3.8, 4) is 0 Å². The van der Waals surface area contributed by atoms with Gasteiger partial charge in [0.05, 0.1) is 19.2 Å². The number of benzene rings is 2. The Bertz CT molecular complexity index is 859. The molecule has 198 valence electrons. The molecular weight excluding hydrogens is 452 g/mol. The van der Waals surface area contributed by atoms with Gasteiger partial charge in [-0.1, -0.05) is 60.7 Å². The molecular formula is C29H44N4O3. The quantitative estimate of drug-likeness (QED) is 0.420. The van der Waals surface area contributed by atoms with Gasteiger partial charge < -0.3 is 15.7 Å². The molecule has 0 saturated heterocycles. The third-order valence-electron chi connectivity index (χ3n) is 5.20. The van der Waals surface area contributed by atoms with Gasteiger partial charge in [0.25, 0.3) is 0 Å². The summed E-state index contributed by atoms with van der Waals surface area (Å²) >= 11 is 0. The van der Waals surface area contributed by atoms with E-state index in [0.29, 0.717) is 26.2 Å². The average Bonchev–Trinajstić information content (AvgIpc) is 2.72. The zero-order chi connectivity index (χ0) is 26.8. The second-order valence-electron chi connectivity index (χ2n) is 11.6. The maximum absolute atomic E-state index is 12.7. The average molecular weight is 497 g/mol. The number of hydrogen-bond donors (Lipinski definition) is 3. The Morgan fingerprint density at radius 1 is 0.694 bits per heavy atom. The molecule has 2 rings (SSSR count). The Kier molecular flexibility index (Phi) is 11.1. The van der Waals surface area contributed by atoms with E-state index < -0.39 is 6.10 Å². The molecule has 3 N–H and O–H groups in total. The lowest BCUT2D eigenvalue weighted by molar-refractivity contribution is -0.124. The number of carbonyl (C=O) groups is 2. The van der Waals surface area contributed by atoms with Crippen LogP contribution in [0.25, 0.3) is 0 Å². The van der Waals surface area contributed by atoms with Gasteiger partial charge in [0.1, 0.15) is 0 Å². The third-order valence-corrected chi connectivity index (χ3v) is 5.20. The number of aliphatic hydroxyl groups excluding tert-OH is 1. The summed E-state index contributed by atoms with van der Waals surface area (Å²) in [6.45, 7) is 13.7. The van der Waals surface area contributed by atoms with E-state index in [-0.39, 0.29) is 36.0 Å². The summed E-state index contributed by atoms with van der Waals surface area (Å²) in [4.78, 5) is 29.3. The molecule has 0 saturated carbocycles. The van der Waals surface area contributed by atoms with Crippen molar-refractivity contribution < 1.29 is 14.7 Å². The van der Waals surface area contributed by atoms with Crippen molar-refractivity contribution in [1.82, 2.24) is 20.4 Å². The van der Waals surface area contributed by atoms with Crippen molar-refractivity contribution >= 4 is 11.8 Å². The zero-order valence-electron chi connectivity index (χ0n) is 22.8. The summed E-state index contributed by atoms with van der Waals surface area (Å²) < 4.78 is 0. The number of aliphatic hydroxyl groups is 1. The molecule has 7 heteroatoms. The SMILES string of the molecule is CC(C)(C)NC(=O)CN(Cc1ccccc1)CC(O)CN(CC(=O)NC(C)(C)C)Cc1ccccc1. The first-order valence-electron chi connectivity index (χ1n) is 12.6. The highest BCUT2D eigenvalue weighted by Gasteiger charge is 2.23. The molecule has 2 aromatic rings. The van der Waals surface area contributed by atoms with Crippen molar-refractivity contribution in [2.45, 2.75) is 71.8 Å². The number of rotatable bonds is 12. The number of nitrogens with zero attached hydrogens (tertiary/aromatic N) is 2. The number of hydrogen-bond acceptors (Lipinski definition) is 5. The van der Waals surface area contributed by atoms with Crippen LogP contribution < -0.4 is 10.6 Å². The van der Waals surface area contributed by atoms with Gasteiger partial charge >= 0.3 is 0 Å². The molecule has 0 aromatic heterocycles. The molecule has 0 fully saturated rings. The molecule has 0 aliphatic carbocycles. The monoisotopic (exact) mass is 496 g/mol. The molecule has 0 aliphatic rings. The molecule has 7 nitrogen and oxygen atoms in total. The smallest absolute Gasteiger partial charge is 0.234 e. The van der Waals surface area contributed by atoms with Gasteiger partial charge in [0.2, 0.25) is 11.8 Å². The van der Waals surface area contributed by atoms with Gasteiger partial charge in [-0.3, -0.25) is 19.4 Å². The van der Waals surface area contributed by atoms with Crippen molar-refractivity contribution in [3.05, 3.63) is 71.8 Å². The number of amides is 2. The van der Waals surface area contributed by atoms with Crippen LogP contribution in [0, 0.1) is 0 Å². The largest absolute Gasteiger partial charge is 0.390 e. The number of carbonyl (C=O) groups excluding carboxylic acids is 2. The maximum atomic E-state index is 12.7. The predicted octanol–water partition coefficient (Wildman–Crippen LogP) is 3.18. The van der Waals surface area contributed by atoms with E-state index in [1.54, 1.807) is 0 Å². The van der Waals surface area contributed by atoms with Gasteiger partial charge in [-0.25, -0.2) is 0 Å². The first kappa shape index (κ1) is 29.5. The van der Waals surface area contributed by atoms with Gasteiger partial charge in [0.15, 0.2) is 0 Å². The fourth-order valence-corrected chi connectivity index (χ4v) is 4.03. The molecule has 36 heavy (non-hydrogen) atoms. The van der Waals surface area contributed by atoms with Crippen LogP contribution in [-0.4, -0.2) is 70.1 Å².